The van der Waals surface area contributed by atoms with Crippen LogP contribution in [0, 0.1) is 30.6 Å². The standard InChI is InChI=1S/C66H87Br2ClN6O15/c1-37(2)48(31-45(76)18-12-11-13-26-87-63(83)44(35-67)36-68)60(80)73-49(20-16-25-72-64(70)84)51(77)30-43-22-23-47(46-19-15-24-71-58(43)46)61(81)74(8)41(6)62(82)89-54-32-55(78)75(9)50-29-42(28-39(4)57(50)69)27-38(3)17-14-21-53(86-10)66(85)33-52(88-56(79)34-66)40(5)59-65(54,7)90-59/h14-15,17,19,21-24,28-29,37,40-41,44,48-49,52-54,59,85H,11-13,16,18,20,25-27,30-36H2,1-10H3,(H,73,80)(H3,70,72,84)/b21-14+,38-17+/t40-,41+,48+,49+,52+,53-,54+,59+,65+,66-/m1/s1. The molecule has 5 amide bonds. The molecule has 2 saturated heterocycles. The number of carbonyl (C=O) groups is 9. The molecule has 0 saturated carbocycles. The fourth-order valence-electron chi connectivity index (χ4n) is 11.7. The Labute approximate surface area is 548 Å². The smallest absolute Gasteiger partial charge is 0.328 e. The van der Waals surface area contributed by atoms with Crippen LogP contribution in [0.4, 0.5) is 10.5 Å². The Hall–Kier alpha value is -6.11. The maximum Gasteiger partial charge on any atom is 0.328 e. The van der Waals surface area contributed by atoms with Crippen LogP contribution in [0.15, 0.2) is 66.4 Å². The van der Waals surface area contributed by atoms with Crippen LogP contribution in [0.25, 0.3) is 10.9 Å². The zero-order valence-electron chi connectivity index (χ0n) is 53.1. The number of epoxide rings is 1. The lowest BCUT2D eigenvalue weighted by atomic mass is 9.78. The largest absolute Gasteiger partial charge is 0.465 e. The molecule has 90 heavy (non-hydrogen) atoms. The first-order valence-corrected chi connectivity index (χ1v) is 33.2. The number of aromatic nitrogens is 1. The predicted molar refractivity (Wildman–Crippen MR) is 347 cm³/mol. The third kappa shape index (κ3) is 18.8. The first-order valence-electron chi connectivity index (χ1n) is 30.6. The van der Waals surface area contributed by atoms with Crippen molar-refractivity contribution in [2.75, 3.05) is 49.9 Å². The number of rotatable bonds is 26. The van der Waals surface area contributed by atoms with Crippen LogP contribution in [0.5, 0.6) is 0 Å². The third-order valence-electron chi connectivity index (χ3n) is 17.5. The lowest BCUT2D eigenvalue weighted by Gasteiger charge is -2.41. The van der Waals surface area contributed by atoms with Gasteiger partial charge in [0.2, 0.25) is 11.8 Å². The number of likely N-dealkylation sites (N-methyl/N-ethyl adjacent to an activating group) is 1. The number of carbonyl (C=O) groups excluding carboxylic acids is 9. The van der Waals surface area contributed by atoms with E-state index >= 15 is 0 Å². The summed E-state index contributed by atoms with van der Waals surface area (Å²) in [6.45, 7) is 12.8. The van der Waals surface area contributed by atoms with E-state index in [1.54, 1.807) is 51.2 Å². The first-order chi connectivity index (χ1) is 42.6. The number of primary amides is 1. The summed E-state index contributed by atoms with van der Waals surface area (Å²) in [7, 11) is 4.47. The van der Waals surface area contributed by atoms with Gasteiger partial charge in [-0.1, -0.05) is 106 Å². The highest BCUT2D eigenvalue weighted by molar-refractivity contribution is 9.09. The molecule has 4 bridgehead atoms. The van der Waals surface area contributed by atoms with Gasteiger partial charge in [0.15, 0.2) is 5.78 Å². The number of ketones is 2. The summed E-state index contributed by atoms with van der Waals surface area (Å²) in [4.78, 5) is 130. The average Bonchev–Trinajstić information content (AvgIpc) is 1.63. The topological polar surface area (TPSA) is 293 Å². The summed E-state index contributed by atoms with van der Waals surface area (Å²) < 4.78 is 29.7. The van der Waals surface area contributed by atoms with Crippen LogP contribution in [-0.2, 0) is 70.1 Å². The molecule has 6 rings (SSSR count). The SMILES string of the molecule is CO[C@@H]1/C=C/C=C(\C)Cc2cc(C)c(Cl)c(c2)N(C)C(=O)C[C@H](OC(=O)[C@H](C)N(C)C(=O)c2ccc(CC(=O)[C@H](CCCNC(N)=O)NC(=O)[C@@H](CC(=O)CCCCCOC(=O)C(CBr)CBr)C(C)C)c3ncccc23)[C@]2(C)O[C@H]2[C@H](C)[C@@H]2C[C@@]1(O)CC(=O)O2. The second kappa shape index (κ2) is 32.9. The number of hydrogen-bond donors (Lipinski definition) is 4. The number of benzene rings is 2. The molecule has 2 fully saturated rings. The summed E-state index contributed by atoms with van der Waals surface area (Å²) in [5, 5.41) is 19.2. The molecule has 0 radical (unpaired) electrons. The Morgan fingerprint density at radius 2 is 1.73 bits per heavy atom. The highest BCUT2D eigenvalue weighted by atomic mass is 79.9. The number of pyridine rings is 1. The fraction of sp³-hybridized carbons (Fsp3) is 0.576. The number of Topliss-reactive ketones (excluding diaryl/α,β-unsaturated/α-hetero) is 2. The van der Waals surface area contributed by atoms with Gasteiger partial charge in [-0.05, 0) is 107 Å². The molecule has 0 unspecified atom stereocenters. The number of ether oxygens (including phenoxy) is 5. The van der Waals surface area contributed by atoms with Gasteiger partial charge in [-0.25, -0.2) is 9.59 Å². The summed E-state index contributed by atoms with van der Waals surface area (Å²) in [5.74, 6) is -5.78. The van der Waals surface area contributed by atoms with Gasteiger partial charge < -0.3 is 55.0 Å². The van der Waals surface area contributed by atoms with Crippen LogP contribution >= 0.6 is 43.5 Å². The van der Waals surface area contributed by atoms with E-state index in [4.69, 9.17) is 41.0 Å². The number of nitrogens with zero attached hydrogens (tertiary/aromatic N) is 3. The van der Waals surface area contributed by atoms with Crippen molar-refractivity contribution in [2.24, 2.45) is 29.4 Å². The minimum absolute atomic E-state index is 0.00865. The molecule has 1 aromatic heterocycles. The van der Waals surface area contributed by atoms with E-state index < -0.39 is 107 Å². The van der Waals surface area contributed by atoms with Crippen molar-refractivity contribution in [1.29, 1.82) is 0 Å². The number of aliphatic hydroxyl groups is 1. The van der Waals surface area contributed by atoms with Crippen molar-refractivity contribution in [3.63, 3.8) is 0 Å². The molecule has 21 nitrogen and oxygen atoms in total. The van der Waals surface area contributed by atoms with Gasteiger partial charge in [0.25, 0.3) is 5.91 Å². The second-order valence-electron chi connectivity index (χ2n) is 24.6. The minimum atomic E-state index is -1.65. The Morgan fingerprint density at radius 3 is 2.41 bits per heavy atom. The Morgan fingerprint density at radius 1 is 1.01 bits per heavy atom. The van der Waals surface area contributed by atoms with Crippen molar-refractivity contribution in [3.05, 3.63) is 93.7 Å². The number of hydrogen-bond acceptors (Lipinski definition) is 16. The van der Waals surface area contributed by atoms with Crippen molar-refractivity contribution in [3.8, 4) is 0 Å². The normalized spacial score (nSPS) is 23.9. The Balaban J connectivity index is 1.20. The molecule has 0 spiro atoms. The number of aryl methyl sites for hydroxylation is 1. The number of amides is 5. The highest BCUT2D eigenvalue weighted by Gasteiger charge is 2.64. The number of halogens is 3. The number of urea groups is 1. The molecular weight excluding hydrogens is 1310 g/mol. The summed E-state index contributed by atoms with van der Waals surface area (Å²) in [6.07, 6.45) is 4.95. The van der Waals surface area contributed by atoms with E-state index in [1.807, 2.05) is 45.9 Å². The van der Waals surface area contributed by atoms with Crippen LogP contribution in [-0.4, -0.2) is 161 Å². The molecule has 0 aliphatic carbocycles. The van der Waals surface area contributed by atoms with Gasteiger partial charge in [-0.15, -0.1) is 0 Å². The minimum Gasteiger partial charge on any atom is -0.465 e. The van der Waals surface area contributed by atoms with Gasteiger partial charge in [0, 0.05) is 93.1 Å². The summed E-state index contributed by atoms with van der Waals surface area (Å²) in [6, 6.07) is 7.10. The van der Waals surface area contributed by atoms with E-state index in [9.17, 15) is 48.3 Å². The number of esters is 3. The molecule has 4 heterocycles. The average molecular weight is 1400 g/mol. The first kappa shape index (κ1) is 72.9. The lowest BCUT2D eigenvalue weighted by Crippen LogP contribution is -2.53. The number of allylic oxidation sites excluding steroid dienone is 3. The Kier molecular flexibility index (Phi) is 26.7. The zero-order valence-corrected chi connectivity index (χ0v) is 57.0. The molecule has 3 aromatic rings. The molecule has 3 aliphatic heterocycles. The molecule has 10 atom stereocenters. The van der Waals surface area contributed by atoms with Gasteiger partial charge in [-0.3, -0.25) is 38.5 Å². The third-order valence-corrected chi connectivity index (χ3v) is 19.5. The summed E-state index contributed by atoms with van der Waals surface area (Å²) in [5.41, 5.74) is 6.19. The number of methoxy groups -OCH3 is 1. The van der Waals surface area contributed by atoms with Gasteiger partial charge in [-0.2, -0.15) is 0 Å². The van der Waals surface area contributed by atoms with E-state index in [1.165, 1.54) is 43.1 Å². The maximum absolute atomic E-state index is 14.7. The van der Waals surface area contributed by atoms with E-state index in [-0.39, 0.29) is 87.2 Å². The number of alkyl halides is 2. The zero-order chi connectivity index (χ0) is 66.4. The van der Waals surface area contributed by atoms with Gasteiger partial charge >= 0.3 is 23.9 Å². The molecule has 492 valence electrons. The van der Waals surface area contributed by atoms with E-state index in [0.717, 1.165) is 16.7 Å². The number of nitrogens with one attached hydrogen (secondary N) is 2. The van der Waals surface area contributed by atoms with Crippen LogP contribution in [0.3, 0.4) is 0 Å². The molecular formula is C66H87Br2ClN6O15. The van der Waals surface area contributed by atoms with Gasteiger partial charge in [0.1, 0.15) is 41.3 Å². The quantitative estimate of drug-likeness (QED) is 0.0192. The van der Waals surface area contributed by atoms with Crippen molar-refractivity contribution in [2.45, 2.75) is 173 Å². The summed E-state index contributed by atoms with van der Waals surface area (Å²) >= 11 is 13.5. The maximum atomic E-state index is 14.7. The number of unbranched alkanes of at least 4 members (excludes halogenated alkanes) is 2. The van der Waals surface area contributed by atoms with Crippen LogP contribution in [0.2, 0.25) is 5.02 Å². The molecule has 2 aromatic carbocycles. The van der Waals surface area contributed by atoms with Crippen molar-refractivity contribution < 1.29 is 71.9 Å². The van der Waals surface area contributed by atoms with Crippen LogP contribution < -0.4 is 21.3 Å². The monoisotopic (exact) mass is 1400 g/mol. The van der Waals surface area contributed by atoms with E-state index in [2.05, 4.69) is 47.5 Å². The Bertz CT molecular complexity index is 3200. The second-order valence-corrected chi connectivity index (χ2v) is 26.3. The molecule has 5 N–H and O–H groups in total. The lowest BCUT2D eigenvalue weighted by molar-refractivity contribution is -0.187. The highest BCUT2D eigenvalue weighted by Crippen LogP contribution is 2.50. The van der Waals surface area contributed by atoms with Crippen molar-refractivity contribution >= 4 is 113 Å². The fourth-order valence-corrected chi connectivity index (χ4v) is 13.5. The number of anilines is 1. The number of nitrogens with two attached hydrogens (primary N) is 1. The van der Waals surface area contributed by atoms with E-state index in [0.29, 0.717) is 63.5 Å². The number of fused-ring (bicyclic) bond motifs is 6. The van der Waals surface area contributed by atoms with Gasteiger partial charge in [0.05, 0.1) is 53.7 Å². The molecule has 24 heteroatoms. The van der Waals surface area contributed by atoms with Crippen LogP contribution in [0.1, 0.15) is 133 Å². The molecule has 3 aliphatic rings. The predicted octanol–water partition coefficient (Wildman–Crippen LogP) is 8.71. The van der Waals surface area contributed by atoms with Crippen molar-refractivity contribution in [1.82, 2.24) is 20.5 Å².